The fraction of sp³-hybridized carbons (Fsp3) is 0.200. The molecule has 0 aromatic heterocycles. The van der Waals surface area contributed by atoms with Crippen LogP contribution in [0.3, 0.4) is 0 Å². The van der Waals surface area contributed by atoms with E-state index in [-0.39, 0.29) is 0 Å². The number of nitrogens with one attached hydrogen (secondary N) is 1. The van der Waals surface area contributed by atoms with Crippen LogP contribution in [0.15, 0.2) is 52.1 Å². The molecule has 1 N–H and O–H groups in total. The van der Waals surface area contributed by atoms with Crippen LogP contribution < -0.4 is 25.6 Å². The first-order chi connectivity index (χ1) is 12.5. The summed E-state index contributed by atoms with van der Waals surface area (Å²) >= 11 is 5.88. The molecule has 3 aromatic rings. The molecule has 0 atom stereocenters. The van der Waals surface area contributed by atoms with E-state index in [0.29, 0.717) is 46.5 Å². The van der Waals surface area contributed by atoms with Crippen LogP contribution in [-0.4, -0.2) is 13.7 Å². The third-order valence-electron chi connectivity index (χ3n) is 4.04. The number of anilines is 1. The second-order valence-electron chi connectivity index (χ2n) is 5.69. The minimum Gasteiger partial charge on any atom is -0.493 e. The Morgan fingerprint density at radius 3 is 2.38 bits per heavy atom. The van der Waals surface area contributed by atoms with Crippen LogP contribution in [0, 0.1) is 0 Å². The molecule has 26 heavy (non-hydrogen) atoms. The first-order valence-electron chi connectivity index (χ1n) is 8.18. The van der Waals surface area contributed by atoms with Gasteiger partial charge in [-0.15, -0.1) is 0 Å². The third-order valence-corrected chi connectivity index (χ3v) is 4.29. The lowest BCUT2D eigenvalue weighted by atomic mass is 9.98. The summed E-state index contributed by atoms with van der Waals surface area (Å²) in [5.41, 5.74) is 1.30. The van der Waals surface area contributed by atoms with Gasteiger partial charge in [0.2, 0.25) is 10.9 Å². The summed E-state index contributed by atoms with van der Waals surface area (Å²) in [4.78, 5) is 23.9. The lowest BCUT2D eigenvalue weighted by molar-refractivity contribution is 0.310. The monoisotopic (exact) mass is 371 g/mol. The zero-order valence-electron chi connectivity index (χ0n) is 14.5. The van der Waals surface area contributed by atoms with E-state index in [1.54, 1.807) is 31.4 Å². The molecule has 0 saturated carbocycles. The van der Waals surface area contributed by atoms with Crippen molar-refractivity contribution in [3.8, 4) is 22.6 Å². The lowest BCUT2D eigenvalue weighted by Gasteiger charge is -2.15. The maximum atomic E-state index is 12.0. The van der Waals surface area contributed by atoms with E-state index in [1.807, 2.05) is 25.1 Å². The summed E-state index contributed by atoms with van der Waals surface area (Å²) in [7, 11) is 1.57. The summed E-state index contributed by atoms with van der Waals surface area (Å²) in [5.74, 6) is 1.28. The lowest BCUT2D eigenvalue weighted by Crippen LogP contribution is -2.36. The average Bonchev–Trinajstić information content (AvgIpc) is 2.66. The second kappa shape index (κ2) is 7.62. The fourth-order valence-corrected chi connectivity index (χ4v) is 2.87. The number of benzene rings is 2. The normalized spacial score (nSPS) is 10.7. The van der Waals surface area contributed by atoms with Crippen LogP contribution in [0.25, 0.3) is 11.1 Å². The Kier molecular flexibility index (Phi) is 5.28. The number of hydrogen-bond donors (Lipinski definition) is 1. The molecule has 3 rings (SSSR count). The molecule has 0 heterocycles. The number of halogens is 1. The van der Waals surface area contributed by atoms with Crippen molar-refractivity contribution in [2.24, 2.45) is 0 Å². The van der Waals surface area contributed by atoms with Crippen molar-refractivity contribution in [1.82, 2.24) is 0 Å². The van der Waals surface area contributed by atoms with Crippen molar-refractivity contribution in [3.63, 3.8) is 0 Å². The topological polar surface area (TPSA) is 64.6 Å². The molecule has 3 aromatic carbocycles. The highest BCUT2D eigenvalue weighted by Crippen LogP contribution is 2.29. The van der Waals surface area contributed by atoms with Gasteiger partial charge in [-0.3, -0.25) is 9.59 Å². The van der Waals surface area contributed by atoms with Gasteiger partial charge in [-0.2, -0.15) is 0 Å². The van der Waals surface area contributed by atoms with E-state index in [0.717, 1.165) is 5.56 Å². The average molecular weight is 372 g/mol. The molecule has 0 amide bonds. The molecule has 0 radical (unpaired) electrons. The van der Waals surface area contributed by atoms with Crippen LogP contribution in [-0.2, 0) is 6.54 Å². The highest BCUT2D eigenvalue weighted by atomic mass is 35.5. The fourth-order valence-electron chi connectivity index (χ4n) is 2.74. The Labute approximate surface area is 155 Å². The highest BCUT2D eigenvalue weighted by molar-refractivity contribution is 6.30. The molecule has 0 fully saturated rings. The minimum absolute atomic E-state index is 0.324. The molecule has 0 bridgehead atoms. The Hall–Kier alpha value is -2.79. The van der Waals surface area contributed by atoms with Crippen LogP contribution >= 0.6 is 11.6 Å². The number of rotatable bonds is 7. The SMILES string of the molecule is CCOc1ccc(CNc2c(-c3ccc(Cl)cc3)c(=O)c2=O)cc1OC. The number of ether oxygens (including phenoxy) is 2. The molecule has 0 saturated heterocycles. The Balaban J connectivity index is 1.81. The molecule has 0 aliphatic heterocycles. The first-order valence-corrected chi connectivity index (χ1v) is 8.55. The number of methoxy groups -OCH3 is 1. The zero-order valence-corrected chi connectivity index (χ0v) is 15.2. The van der Waals surface area contributed by atoms with Crippen molar-refractivity contribution < 1.29 is 9.47 Å². The summed E-state index contributed by atoms with van der Waals surface area (Å²) in [6.07, 6.45) is 0. The van der Waals surface area contributed by atoms with E-state index >= 15 is 0 Å². The van der Waals surface area contributed by atoms with Gasteiger partial charge in [0.25, 0.3) is 0 Å². The van der Waals surface area contributed by atoms with Gasteiger partial charge >= 0.3 is 0 Å². The standard InChI is InChI=1S/C20H18ClNO4/c1-3-26-15-9-4-12(10-16(15)25-2)11-22-18-17(19(23)20(18)24)13-5-7-14(21)8-6-13/h4-10,22H,3,11H2,1-2H3. The van der Waals surface area contributed by atoms with Crippen molar-refractivity contribution in [2.75, 3.05) is 19.0 Å². The quantitative estimate of drug-likeness (QED) is 0.642. The molecule has 134 valence electrons. The predicted molar refractivity (Wildman–Crippen MR) is 103 cm³/mol. The predicted octanol–water partition coefficient (Wildman–Crippen LogP) is 3.62. The van der Waals surface area contributed by atoms with Gasteiger partial charge in [-0.1, -0.05) is 29.8 Å². The van der Waals surface area contributed by atoms with E-state index in [4.69, 9.17) is 21.1 Å². The maximum absolute atomic E-state index is 12.0. The van der Waals surface area contributed by atoms with E-state index in [2.05, 4.69) is 5.32 Å². The van der Waals surface area contributed by atoms with Crippen LogP contribution in [0.2, 0.25) is 5.02 Å². The van der Waals surface area contributed by atoms with Crippen molar-refractivity contribution in [2.45, 2.75) is 13.5 Å². The highest BCUT2D eigenvalue weighted by Gasteiger charge is 2.22. The van der Waals surface area contributed by atoms with Gasteiger partial charge in [0.05, 0.1) is 25.0 Å². The summed E-state index contributed by atoms with van der Waals surface area (Å²) in [6, 6.07) is 12.4. The summed E-state index contributed by atoms with van der Waals surface area (Å²) < 4.78 is 10.8. The molecular weight excluding hydrogens is 354 g/mol. The number of hydrogen-bond acceptors (Lipinski definition) is 5. The molecule has 0 spiro atoms. The van der Waals surface area contributed by atoms with Crippen LogP contribution in [0.5, 0.6) is 11.5 Å². The van der Waals surface area contributed by atoms with Gasteiger partial charge < -0.3 is 14.8 Å². The van der Waals surface area contributed by atoms with Crippen LogP contribution in [0.1, 0.15) is 12.5 Å². The molecule has 5 nitrogen and oxygen atoms in total. The first kappa shape index (κ1) is 18.0. The summed E-state index contributed by atoms with van der Waals surface area (Å²) in [5, 5.41) is 3.63. The molecule has 0 aliphatic rings. The second-order valence-corrected chi connectivity index (χ2v) is 6.12. The zero-order chi connectivity index (χ0) is 18.7. The molecule has 0 aliphatic carbocycles. The molecular formula is C20H18ClNO4. The van der Waals surface area contributed by atoms with Gasteiger partial charge in [-0.05, 0) is 42.3 Å². The van der Waals surface area contributed by atoms with Gasteiger partial charge in [0.15, 0.2) is 11.5 Å². The third kappa shape index (κ3) is 3.44. The Morgan fingerprint density at radius 1 is 1.00 bits per heavy atom. The summed E-state index contributed by atoms with van der Waals surface area (Å²) in [6.45, 7) is 2.83. The Bertz CT molecular complexity index is 988. The van der Waals surface area contributed by atoms with Gasteiger partial charge in [0, 0.05) is 11.6 Å². The smallest absolute Gasteiger partial charge is 0.250 e. The van der Waals surface area contributed by atoms with Crippen molar-refractivity contribution >= 4 is 17.3 Å². The minimum atomic E-state index is -0.507. The van der Waals surface area contributed by atoms with E-state index in [9.17, 15) is 9.59 Å². The van der Waals surface area contributed by atoms with E-state index in [1.165, 1.54) is 0 Å². The van der Waals surface area contributed by atoms with Crippen molar-refractivity contribution in [3.05, 3.63) is 73.5 Å². The molecule has 0 unspecified atom stereocenters. The largest absolute Gasteiger partial charge is 0.493 e. The molecule has 6 heteroatoms. The van der Waals surface area contributed by atoms with Gasteiger partial charge in [0.1, 0.15) is 0 Å². The Morgan fingerprint density at radius 2 is 1.73 bits per heavy atom. The van der Waals surface area contributed by atoms with E-state index < -0.39 is 10.9 Å². The maximum Gasteiger partial charge on any atom is 0.250 e. The van der Waals surface area contributed by atoms with Crippen LogP contribution in [0.4, 0.5) is 5.69 Å². The van der Waals surface area contributed by atoms with Crippen molar-refractivity contribution in [1.29, 1.82) is 0 Å². The van der Waals surface area contributed by atoms with Gasteiger partial charge in [-0.25, -0.2) is 0 Å².